The topological polar surface area (TPSA) is 67.9 Å². The van der Waals surface area contributed by atoms with Crippen molar-refractivity contribution in [3.63, 3.8) is 0 Å². The molecule has 6 heteroatoms. The maximum Gasteiger partial charge on any atom is 0.254 e. The van der Waals surface area contributed by atoms with Crippen molar-refractivity contribution in [1.29, 1.82) is 0 Å². The van der Waals surface area contributed by atoms with Gasteiger partial charge in [0, 0.05) is 26.6 Å². The second-order valence-corrected chi connectivity index (χ2v) is 7.93. The van der Waals surface area contributed by atoms with Crippen molar-refractivity contribution in [2.24, 2.45) is 0 Å². The lowest BCUT2D eigenvalue weighted by molar-refractivity contribution is -0.169. The van der Waals surface area contributed by atoms with E-state index in [-0.39, 0.29) is 18.4 Å². The SMILES string of the molecule is CNC(=O)C1(Cc2cccc(-c3ccccc3)c2)CN(C(=O)C2CCCO2)CCO1. The maximum atomic E-state index is 12.9. The molecule has 4 rings (SSSR count). The third-order valence-electron chi connectivity index (χ3n) is 5.87. The lowest BCUT2D eigenvalue weighted by Crippen LogP contribution is -2.62. The van der Waals surface area contributed by atoms with Gasteiger partial charge in [-0.25, -0.2) is 0 Å². The number of rotatable bonds is 5. The fourth-order valence-corrected chi connectivity index (χ4v) is 4.32. The molecule has 2 saturated heterocycles. The molecule has 0 aliphatic carbocycles. The summed E-state index contributed by atoms with van der Waals surface area (Å²) in [5.41, 5.74) is 2.08. The first-order chi connectivity index (χ1) is 14.6. The third kappa shape index (κ3) is 4.25. The number of likely N-dealkylation sites (N-methyl/N-ethyl adjacent to an activating group) is 1. The number of ether oxygens (including phenoxy) is 2. The van der Waals surface area contributed by atoms with Crippen LogP contribution in [0.25, 0.3) is 11.1 Å². The van der Waals surface area contributed by atoms with Gasteiger partial charge in [-0.05, 0) is 29.5 Å². The lowest BCUT2D eigenvalue weighted by Gasteiger charge is -2.42. The Balaban J connectivity index is 1.58. The molecular formula is C24H28N2O4. The minimum absolute atomic E-state index is 0.0397. The van der Waals surface area contributed by atoms with Gasteiger partial charge in [0.05, 0.1) is 13.2 Å². The third-order valence-corrected chi connectivity index (χ3v) is 5.87. The highest BCUT2D eigenvalue weighted by Crippen LogP contribution is 2.28. The predicted octanol–water partition coefficient (Wildman–Crippen LogP) is 2.42. The summed E-state index contributed by atoms with van der Waals surface area (Å²) in [5, 5.41) is 2.74. The molecule has 0 bridgehead atoms. The molecule has 0 radical (unpaired) electrons. The second-order valence-electron chi connectivity index (χ2n) is 7.93. The summed E-state index contributed by atoms with van der Waals surface area (Å²) in [6, 6.07) is 18.3. The predicted molar refractivity (Wildman–Crippen MR) is 114 cm³/mol. The zero-order valence-electron chi connectivity index (χ0n) is 17.3. The van der Waals surface area contributed by atoms with E-state index < -0.39 is 11.7 Å². The van der Waals surface area contributed by atoms with Gasteiger partial charge in [-0.3, -0.25) is 9.59 Å². The van der Waals surface area contributed by atoms with Crippen LogP contribution in [0.15, 0.2) is 54.6 Å². The number of carbonyl (C=O) groups excluding carboxylic acids is 2. The molecule has 30 heavy (non-hydrogen) atoms. The summed E-state index contributed by atoms with van der Waals surface area (Å²) in [4.78, 5) is 27.6. The minimum Gasteiger partial charge on any atom is -0.368 e. The number of carbonyl (C=O) groups is 2. The second kappa shape index (κ2) is 8.98. The van der Waals surface area contributed by atoms with Crippen molar-refractivity contribution in [1.82, 2.24) is 10.2 Å². The van der Waals surface area contributed by atoms with Gasteiger partial charge < -0.3 is 19.7 Å². The molecule has 2 aromatic carbocycles. The number of amides is 2. The first kappa shape index (κ1) is 20.6. The van der Waals surface area contributed by atoms with Crippen LogP contribution >= 0.6 is 0 Å². The van der Waals surface area contributed by atoms with Crippen LogP contribution in [0.1, 0.15) is 18.4 Å². The molecule has 2 heterocycles. The Hall–Kier alpha value is -2.70. The van der Waals surface area contributed by atoms with E-state index in [1.165, 1.54) is 0 Å². The Morgan fingerprint density at radius 1 is 1.10 bits per heavy atom. The molecule has 2 aromatic rings. The standard InChI is InChI=1S/C24H28N2O4/c1-25-23(28)24(17-26(12-14-30-24)22(27)21-11-6-13-29-21)16-18-7-5-10-20(15-18)19-8-3-2-4-9-19/h2-5,7-10,15,21H,6,11-14,16-17H2,1H3,(H,25,28). The summed E-state index contributed by atoms with van der Waals surface area (Å²) in [6.07, 6.45) is 1.63. The first-order valence-electron chi connectivity index (χ1n) is 10.5. The van der Waals surface area contributed by atoms with Crippen LogP contribution in [0.5, 0.6) is 0 Å². The summed E-state index contributed by atoms with van der Waals surface area (Å²) >= 11 is 0. The van der Waals surface area contributed by atoms with Crippen molar-refractivity contribution in [2.45, 2.75) is 31.0 Å². The molecule has 0 spiro atoms. The number of hydrogen-bond acceptors (Lipinski definition) is 4. The molecule has 0 aromatic heterocycles. The van der Waals surface area contributed by atoms with Crippen LogP contribution in [0.2, 0.25) is 0 Å². The molecule has 2 amide bonds. The number of benzene rings is 2. The summed E-state index contributed by atoms with van der Waals surface area (Å²) in [7, 11) is 1.61. The van der Waals surface area contributed by atoms with Crippen molar-refractivity contribution < 1.29 is 19.1 Å². The van der Waals surface area contributed by atoms with Crippen LogP contribution in [0.4, 0.5) is 0 Å². The van der Waals surface area contributed by atoms with Crippen LogP contribution in [0, 0.1) is 0 Å². The first-order valence-corrected chi connectivity index (χ1v) is 10.5. The zero-order valence-corrected chi connectivity index (χ0v) is 17.3. The highest BCUT2D eigenvalue weighted by molar-refractivity contribution is 5.88. The fourth-order valence-electron chi connectivity index (χ4n) is 4.32. The molecule has 2 fully saturated rings. The Kier molecular flexibility index (Phi) is 6.16. The van der Waals surface area contributed by atoms with E-state index in [2.05, 4.69) is 29.6 Å². The number of nitrogens with one attached hydrogen (secondary N) is 1. The minimum atomic E-state index is -1.11. The number of hydrogen-bond donors (Lipinski definition) is 1. The van der Waals surface area contributed by atoms with E-state index >= 15 is 0 Å². The summed E-state index contributed by atoms with van der Waals surface area (Å²) < 4.78 is 11.6. The van der Waals surface area contributed by atoms with E-state index in [0.29, 0.717) is 26.2 Å². The van der Waals surface area contributed by atoms with Crippen LogP contribution in [-0.4, -0.2) is 61.8 Å². The van der Waals surface area contributed by atoms with Gasteiger partial charge in [0.1, 0.15) is 6.10 Å². The average molecular weight is 408 g/mol. The molecule has 158 valence electrons. The Morgan fingerprint density at radius 2 is 1.90 bits per heavy atom. The van der Waals surface area contributed by atoms with Gasteiger partial charge in [-0.1, -0.05) is 54.6 Å². The molecule has 2 unspecified atom stereocenters. The average Bonchev–Trinajstić information content (AvgIpc) is 3.34. The molecule has 6 nitrogen and oxygen atoms in total. The molecule has 1 N–H and O–H groups in total. The van der Waals surface area contributed by atoms with Gasteiger partial charge in [0.25, 0.3) is 11.8 Å². The van der Waals surface area contributed by atoms with E-state index in [9.17, 15) is 9.59 Å². The molecular weight excluding hydrogens is 380 g/mol. The normalized spacial score (nSPS) is 23.9. The van der Waals surface area contributed by atoms with Crippen LogP contribution in [-0.2, 0) is 25.5 Å². The Morgan fingerprint density at radius 3 is 2.63 bits per heavy atom. The van der Waals surface area contributed by atoms with E-state index in [4.69, 9.17) is 9.47 Å². The van der Waals surface area contributed by atoms with Gasteiger partial charge in [-0.15, -0.1) is 0 Å². The lowest BCUT2D eigenvalue weighted by atomic mass is 9.89. The largest absolute Gasteiger partial charge is 0.368 e. The summed E-state index contributed by atoms with van der Waals surface area (Å²) in [6.45, 7) is 1.64. The van der Waals surface area contributed by atoms with E-state index in [1.807, 2.05) is 30.3 Å². The molecule has 0 saturated carbocycles. The quantitative estimate of drug-likeness (QED) is 0.825. The highest BCUT2D eigenvalue weighted by atomic mass is 16.5. The van der Waals surface area contributed by atoms with E-state index in [1.54, 1.807) is 11.9 Å². The molecule has 2 aliphatic heterocycles. The smallest absolute Gasteiger partial charge is 0.254 e. The van der Waals surface area contributed by atoms with Gasteiger partial charge in [-0.2, -0.15) is 0 Å². The van der Waals surface area contributed by atoms with Crippen LogP contribution < -0.4 is 5.32 Å². The molecule has 2 atom stereocenters. The van der Waals surface area contributed by atoms with Crippen molar-refractivity contribution >= 4 is 11.8 Å². The van der Waals surface area contributed by atoms with E-state index in [0.717, 1.165) is 29.5 Å². The number of morpholine rings is 1. The van der Waals surface area contributed by atoms with Crippen LogP contribution in [0.3, 0.4) is 0 Å². The molecule has 2 aliphatic rings. The van der Waals surface area contributed by atoms with Gasteiger partial charge in [0.2, 0.25) is 0 Å². The van der Waals surface area contributed by atoms with Crippen molar-refractivity contribution in [3.05, 3.63) is 60.2 Å². The van der Waals surface area contributed by atoms with Crippen molar-refractivity contribution in [3.8, 4) is 11.1 Å². The summed E-state index contributed by atoms with van der Waals surface area (Å²) in [5.74, 6) is -0.250. The Bertz CT molecular complexity index is 895. The number of nitrogens with zero attached hydrogens (tertiary/aromatic N) is 1. The Labute approximate surface area is 177 Å². The monoisotopic (exact) mass is 408 g/mol. The fraction of sp³-hybridized carbons (Fsp3) is 0.417. The van der Waals surface area contributed by atoms with Crippen molar-refractivity contribution in [2.75, 3.05) is 33.4 Å². The van der Waals surface area contributed by atoms with Gasteiger partial charge >= 0.3 is 0 Å². The zero-order chi connectivity index (χ0) is 21.0. The van der Waals surface area contributed by atoms with Gasteiger partial charge in [0.15, 0.2) is 5.60 Å². The highest BCUT2D eigenvalue weighted by Gasteiger charge is 2.45. The maximum absolute atomic E-state index is 12.9.